The van der Waals surface area contributed by atoms with Crippen LogP contribution in [0.5, 0.6) is 0 Å². The Kier molecular flexibility index (Phi) is 7.44. The molecule has 4 aliphatic carbocycles. The van der Waals surface area contributed by atoms with E-state index in [1.807, 2.05) is 6.07 Å². The van der Waals surface area contributed by atoms with Crippen LogP contribution in [0.2, 0.25) is 0 Å². The van der Waals surface area contributed by atoms with Gasteiger partial charge >= 0.3 is 0 Å². The van der Waals surface area contributed by atoms with Crippen LogP contribution in [0.1, 0.15) is 50.2 Å². The number of hydrogen-bond donors (Lipinski definition) is 1. The number of ether oxygens (including phenoxy) is 1. The van der Waals surface area contributed by atoms with E-state index in [9.17, 15) is 14.3 Å². The molecule has 0 bridgehead atoms. The lowest BCUT2D eigenvalue weighted by Gasteiger charge is -2.57. The number of benzene rings is 1. The average Bonchev–Trinajstić information content (AvgIpc) is 3.22. The molecule has 1 aromatic carbocycles. The Balaban J connectivity index is 1.68. The molecule has 0 amide bonds. The molecule has 1 N–H and O–H groups in total. The summed E-state index contributed by atoms with van der Waals surface area (Å²) in [4.78, 5) is 12.1. The number of ketones is 1. The lowest BCUT2D eigenvalue weighted by Crippen LogP contribution is -2.61. The molecule has 4 aliphatic rings. The second-order valence-corrected chi connectivity index (χ2v) is 11.3. The fraction of sp³-hybridized carbons (Fsp3) is 0.548. The third kappa shape index (κ3) is 4.04. The smallest absolute Gasteiger partial charge is 0.197 e. The molecule has 2 fully saturated rings. The summed E-state index contributed by atoms with van der Waals surface area (Å²) in [5.74, 6) is 0.834. The minimum atomic E-state index is -2.60. The SMILES string of the molecule is CC[C@]1(O)CC[C@H]2[C@H]3C(=C4C(=CC(=O)C(F)C4F)C(F)C3F)[C@@H](c3ccc(C#CCOCC#N)cc3)C(F)[C@@]21C. The van der Waals surface area contributed by atoms with Crippen LogP contribution in [0.25, 0.3) is 0 Å². The molecule has 5 unspecified atom stereocenters. The largest absolute Gasteiger partial charge is 0.389 e. The second kappa shape index (κ2) is 10.4. The van der Waals surface area contributed by atoms with Crippen molar-refractivity contribution >= 4 is 5.78 Å². The van der Waals surface area contributed by atoms with E-state index in [1.165, 1.54) is 0 Å². The molecule has 212 valence electrons. The van der Waals surface area contributed by atoms with E-state index in [2.05, 4.69) is 11.8 Å². The first kappa shape index (κ1) is 28.5. The number of hydrogen-bond acceptors (Lipinski definition) is 4. The predicted molar refractivity (Wildman–Crippen MR) is 137 cm³/mol. The highest BCUT2D eigenvalue weighted by atomic mass is 19.2. The highest BCUT2D eigenvalue weighted by molar-refractivity contribution is 5.98. The van der Waals surface area contributed by atoms with Crippen molar-refractivity contribution in [1.29, 1.82) is 5.26 Å². The summed E-state index contributed by atoms with van der Waals surface area (Å²) < 4.78 is 84.0. The lowest BCUT2D eigenvalue weighted by atomic mass is 9.49. The number of alkyl halides is 5. The molecule has 0 aromatic heterocycles. The monoisotopic (exact) mass is 559 g/mol. The Bertz CT molecular complexity index is 1360. The summed E-state index contributed by atoms with van der Waals surface area (Å²) in [7, 11) is 0. The summed E-state index contributed by atoms with van der Waals surface area (Å²) >= 11 is 0. The molecule has 40 heavy (non-hydrogen) atoms. The number of allylic oxidation sites excluding steroid dienone is 4. The molecule has 0 radical (unpaired) electrons. The van der Waals surface area contributed by atoms with Gasteiger partial charge in [-0.05, 0) is 65.7 Å². The normalized spacial score (nSPS) is 40.3. The van der Waals surface area contributed by atoms with Gasteiger partial charge < -0.3 is 9.84 Å². The van der Waals surface area contributed by atoms with Gasteiger partial charge in [0, 0.05) is 22.8 Å². The van der Waals surface area contributed by atoms with Crippen molar-refractivity contribution in [2.75, 3.05) is 13.2 Å². The fourth-order valence-corrected chi connectivity index (χ4v) is 7.62. The van der Waals surface area contributed by atoms with Gasteiger partial charge in [-0.15, -0.1) is 0 Å². The molecule has 0 aliphatic heterocycles. The second-order valence-electron chi connectivity index (χ2n) is 11.3. The Morgan fingerprint density at radius 1 is 1.07 bits per heavy atom. The quantitative estimate of drug-likeness (QED) is 0.307. The van der Waals surface area contributed by atoms with Crippen LogP contribution >= 0.6 is 0 Å². The standard InChI is InChI=1S/C31H30F5NO3/c1-3-31(39)11-10-19-23-24(22-18(25(32)28(23)35)15-20(38)26(33)27(22)34)21(29(36)30(19,31)2)17-8-6-16(7-9-17)5-4-13-40-14-12-37/h6-9,15,19,21,23,25-29,39H,3,10-11,13-14H2,1-2H3/t19-,21+,23-,25?,26?,27?,28?,29?,30+,31-/m0/s1. The number of rotatable bonds is 4. The van der Waals surface area contributed by atoms with Crippen molar-refractivity contribution in [2.24, 2.45) is 17.3 Å². The molecule has 0 saturated heterocycles. The maximum absolute atomic E-state index is 17.0. The summed E-state index contributed by atoms with van der Waals surface area (Å²) in [5.41, 5.74) is -3.23. The third-order valence-electron chi connectivity index (χ3n) is 9.71. The van der Waals surface area contributed by atoms with E-state index in [0.29, 0.717) is 17.2 Å². The fourth-order valence-electron chi connectivity index (χ4n) is 7.62. The minimum absolute atomic E-state index is 0.0240. The van der Waals surface area contributed by atoms with Gasteiger partial charge in [-0.25, -0.2) is 22.0 Å². The number of fused-ring (bicyclic) bond motifs is 4. The van der Waals surface area contributed by atoms with Gasteiger partial charge in [-0.3, -0.25) is 4.79 Å². The molecule has 10 atom stereocenters. The van der Waals surface area contributed by atoms with Gasteiger partial charge in [-0.1, -0.05) is 37.8 Å². The van der Waals surface area contributed by atoms with Crippen LogP contribution in [0.15, 0.2) is 47.1 Å². The average molecular weight is 560 g/mol. The summed E-state index contributed by atoms with van der Waals surface area (Å²) in [6, 6.07) is 8.12. The lowest BCUT2D eigenvalue weighted by molar-refractivity contribution is -0.143. The van der Waals surface area contributed by atoms with E-state index in [0.717, 1.165) is 0 Å². The number of nitriles is 1. The molecular weight excluding hydrogens is 529 g/mol. The van der Waals surface area contributed by atoms with Crippen LogP contribution in [0.3, 0.4) is 0 Å². The molecule has 0 heterocycles. The van der Waals surface area contributed by atoms with Gasteiger partial charge in [0.15, 0.2) is 24.3 Å². The predicted octanol–water partition coefficient (Wildman–Crippen LogP) is 5.36. The first-order valence-corrected chi connectivity index (χ1v) is 13.5. The van der Waals surface area contributed by atoms with E-state index in [4.69, 9.17) is 10.00 Å². The molecule has 0 spiro atoms. The van der Waals surface area contributed by atoms with Crippen molar-refractivity contribution in [3.05, 3.63) is 58.2 Å². The van der Waals surface area contributed by atoms with Crippen molar-refractivity contribution in [2.45, 2.75) is 75.5 Å². The van der Waals surface area contributed by atoms with E-state index in [-0.39, 0.29) is 38.0 Å². The van der Waals surface area contributed by atoms with Crippen LogP contribution in [-0.2, 0) is 9.53 Å². The van der Waals surface area contributed by atoms with Crippen molar-refractivity contribution < 1.29 is 36.6 Å². The Morgan fingerprint density at radius 3 is 2.42 bits per heavy atom. The van der Waals surface area contributed by atoms with Crippen LogP contribution in [0.4, 0.5) is 22.0 Å². The maximum Gasteiger partial charge on any atom is 0.197 e. The zero-order valence-electron chi connectivity index (χ0n) is 22.1. The zero-order valence-corrected chi connectivity index (χ0v) is 22.1. The molecule has 5 rings (SSSR count). The van der Waals surface area contributed by atoms with Crippen molar-refractivity contribution in [1.82, 2.24) is 0 Å². The van der Waals surface area contributed by atoms with E-state index < -0.39 is 76.6 Å². The Hall–Kier alpha value is -3.01. The summed E-state index contributed by atoms with van der Waals surface area (Å²) in [5, 5.41) is 20.1. The molecule has 1 aromatic rings. The number of carbonyl (C=O) groups is 1. The van der Waals surface area contributed by atoms with E-state index >= 15 is 17.6 Å². The van der Waals surface area contributed by atoms with Crippen LogP contribution in [-0.4, -0.2) is 60.6 Å². The molecule has 2 saturated carbocycles. The van der Waals surface area contributed by atoms with Gasteiger partial charge in [0.25, 0.3) is 0 Å². The van der Waals surface area contributed by atoms with Gasteiger partial charge in [0.2, 0.25) is 0 Å². The number of nitrogens with zero attached hydrogens (tertiary/aromatic N) is 1. The van der Waals surface area contributed by atoms with Gasteiger partial charge in [-0.2, -0.15) is 5.26 Å². The van der Waals surface area contributed by atoms with Gasteiger partial charge in [0.1, 0.15) is 25.6 Å². The Morgan fingerprint density at radius 2 is 1.77 bits per heavy atom. The van der Waals surface area contributed by atoms with Crippen molar-refractivity contribution in [3.8, 4) is 17.9 Å². The highest BCUT2D eigenvalue weighted by Crippen LogP contribution is 2.68. The highest BCUT2D eigenvalue weighted by Gasteiger charge is 2.70. The molecule has 4 nitrogen and oxygen atoms in total. The Labute approximate surface area is 229 Å². The third-order valence-corrected chi connectivity index (χ3v) is 9.71. The number of halogens is 5. The maximum atomic E-state index is 17.0. The number of aliphatic hydroxyl groups is 1. The van der Waals surface area contributed by atoms with Crippen LogP contribution < -0.4 is 0 Å². The molecule has 9 heteroatoms. The van der Waals surface area contributed by atoms with Crippen LogP contribution in [0, 0.1) is 40.4 Å². The molecular formula is C31H30F5NO3. The summed E-state index contributed by atoms with van der Waals surface area (Å²) in [6.07, 6.45) is -10.4. The van der Waals surface area contributed by atoms with Crippen molar-refractivity contribution in [3.63, 3.8) is 0 Å². The number of carbonyl (C=O) groups excluding carboxylic acids is 1. The van der Waals surface area contributed by atoms with E-state index in [1.54, 1.807) is 38.1 Å². The first-order chi connectivity index (χ1) is 19.0. The first-order valence-electron chi connectivity index (χ1n) is 13.5. The van der Waals surface area contributed by atoms with Gasteiger partial charge in [0.05, 0.1) is 11.7 Å². The zero-order chi connectivity index (χ0) is 29.0. The minimum Gasteiger partial charge on any atom is -0.389 e. The summed E-state index contributed by atoms with van der Waals surface area (Å²) in [6.45, 7) is 3.18. The topological polar surface area (TPSA) is 70.3 Å².